The number of halogens is 4. The van der Waals surface area contributed by atoms with Gasteiger partial charge in [-0.25, -0.2) is 9.37 Å². The van der Waals surface area contributed by atoms with Gasteiger partial charge in [-0.15, -0.1) is 0 Å². The van der Waals surface area contributed by atoms with Gasteiger partial charge in [-0.05, 0) is 46.1 Å². The van der Waals surface area contributed by atoms with Gasteiger partial charge in [0.15, 0.2) is 5.69 Å². The maximum absolute atomic E-state index is 13.6. The number of nitrogens with one attached hydrogen (secondary N) is 2. The SMILES string of the molecule is Cc1c(F)cccc1Nc1cc(C(F)(F)F)nc(NCCCN(C)C)n1. The Bertz CT molecular complexity index is 746. The van der Waals surface area contributed by atoms with Gasteiger partial charge >= 0.3 is 6.18 Å². The molecule has 2 N–H and O–H groups in total. The molecule has 1 heterocycles. The molecule has 0 radical (unpaired) electrons. The van der Waals surface area contributed by atoms with E-state index < -0.39 is 17.7 Å². The lowest BCUT2D eigenvalue weighted by Crippen LogP contribution is -2.18. The van der Waals surface area contributed by atoms with Crippen molar-refractivity contribution < 1.29 is 17.6 Å². The predicted molar refractivity (Wildman–Crippen MR) is 93.1 cm³/mol. The number of anilines is 3. The minimum Gasteiger partial charge on any atom is -0.354 e. The van der Waals surface area contributed by atoms with E-state index in [1.165, 1.54) is 19.1 Å². The number of nitrogens with zero attached hydrogens (tertiary/aromatic N) is 3. The fraction of sp³-hybridized carbons (Fsp3) is 0.412. The van der Waals surface area contributed by atoms with Crippen LogP contribution in [0.1, 0.15) is 17.7 Å². The fourth-order valence-electron chi connectivity index (χ4n) is 2.21. The van der Waals surface area contributed by atoms with Gasteiger partial charge in [0, 0.05) is 23.9 Å². The van der Waals surface area contributed by atoms with Crippen molar-refractivity contribution in [3.05, 3.63) is 41.3 Å². The molecule has 0 amide bonds. The summed E-state index contributed by atoms with van der Waals surface area (Å²) >= 11 is 0. The molecule has 9 heteroatoms. The zero-order valence-electron chi connectivity index (χ0n) is 14.8. The predicted octanol–water partition coefficient (Wildman–Crippen LogP) is 4.05. The van der Waals surface area contributed by atoms with Gasteiger partial charge in [-0.1, -0.05) is 6.07 Å². The normalized spacial score (nSPS) is 11.7. The summed E-state index contributed by atoms with van der Waals surface area (Å²) < 4.78 is 53.0. The second-order valence-corrected chi connectivity index (χ2v) is 6.08. The standard InChI is InChI=1S/C17H21F4N5/c1-11-12(18)6-4-7-13(11)23-15-10-14(17(19,20)21)24-16(25-15)22-8-5-9-26(2)3/h4,6-7,10H,5,8-9H2,1-3H3,(H2,22,23,24,25). The van der Waals surface area contributed by atoms with E-state index in [1.54, 1.807) is 6.07 Å². The van der Waals surface area contributed by atoms with Crippen molar-refractivity contribution in [3.63, 3.8) is 0 Å². The number of alkyl halides is 3. The van der Waals surface area contributed by atoms with Gasteiger partial charge in [0.2, 0.25) is 5.95 Å². The molecule has 1 aromatic heterocycles. The molecule has 142 valence electrons. The van der Waals surface area contributed by atoms with Gasteiger partial charge in [-0.2, -0.15) is 18.2 Å². The summed E-state index contributed by atoms with van der Waals surface area (Å²) in [6, 6.07) is 5.11. The lowest BCUT2D eigenvalue weighted by molar-refractivity contribution is -0.141. The van der Waals surface area contributed by atoms with Crippen molar-refractivity contribution in [1.29, 1.82) is 0 Å². The van der Waals surface area contributed by atoms with Gasteiger partial charge in [0.1, 0.15) is 11.6 Å². The number of aromatic nitrogens is 2. The van der Waals surface area contributed by atoms with Crippen LogP contribution in [-0.2, 0) is 6.18 Å². The average molecular weight is 371 g/mol. The molecule has 0 saturated carbocycles. The van der Waals surface area contributed by atoms with Crippen LogP contribution < -0.4 is 10.6 Å². The van der Waals surface area contributed by atoms with Crippen molar-refractivity contribution in [3.8, 4) is 0 Å². The Balaban J connectivity index is 2.24. The molecule has 0 unspecified atom stereocenters. The third-order valence-corrected chi connectivity index (χ3v) is 3.61. The van der Waals surface area contributed by atoms with Crippen LogP contribution in [-0.4, -0.2) is 42.1 Å². The largest absolute Gasteiger partial charge is 0.433 e. The monoisotopic (exact) mass is 371 g/mol. The first-order chi connectivity index (χ1) is 12.2. The Morgan fingerprint density at radius 2 is 1.88 bits per heavy atom. The molecule has 0 saturated heterocycles. The lowest BCUT2D eigenvalue weighted by Gasteiger charge is -2.14. The Morgan fingerprint density at radius 3 is 2.54 bits per heavy atom. The molecule has 5 nitrogen and oxygen atoms in total. The zero-order chi connectivity index (χ0) is 19.3. The van der Waals surface area contributed by atoms with E-state index in [1.807, 2.05) is 19.0 Å². The Labute approximate surface area is 149 Å². The highest BCUT2D eigenvalue weighted by Gasteiger charge is 2.33. The van der Waals surface area contributed by atoms with Crippen LogP contribution in [0.5, 0.6) is 0 Å². The molecular weight excluding hydrogens is 350 g/mol. The first kappa shape index (κ1) is 19.9. The molecule has 0 spiro atoms. The van der Waals surface area contributed by atoms with Gasteiger partial charge < -0.3 is 15.5 Å². The van der Waals surface area contributed by atoms with Crippen LogP contribution >= 0.6 is 0 Å². The van der Waals surface area contributed by atoms with E-state index >= 15 is 0 Å². The molecule has 0 aliphatic carbocycles. The van der Waals surface area contributed by atoms with E-state index in [0.29, 0.717) is 17.8 Å². The van der Waals surface area contributed by atoms with Crippen molar-refractivity contribution in [2.45, 2.75) is 19.5 Å². The van der Waals surface area contributed by atoms with E-state index in [0.717, 1.165) is 19.0 Å². The highest BCUT2D eigenvalue weighted by molar-refractivity contribution is 5.61. The van der Waals surface area contributed by atoms with Gasteiger partial charge in [-0.3, -0.25) is 0 Å². The lowest BCUT2D eigenvalue weighted by atomic mass is 10.2. The summed E-state index contributed by atoms with van der Waals surface area (Å²) in [7, 11) is 3.81. The molecule has 26 heavy (non-hydrogen) atoms. The van der Waals surface area contributed by atoms with Gasteiger partial charge in [0.05, 0.1) is 0 Å². The molecule has 2 rings (SSSR count). The molecule has 0 bridgehead atoms. The van der Waals surface area contributed by atoms with Crippen LogP contribution in [0.2, 0.25) is 0 Å². The second kappa shape index (κ2) is 8.31. The molecule has 0 aliphatic heterocycles. The average Bonchev–Trinajstić information content (AvgIpc) is 2.55. The quantitative estimate of drug-likeness (QED) is 0.568. The molecule has 1 aromatic carbocycles. The molecule has 0 atom stereocenters. The Hall–Kier alpha value is -2.42. The van der Waals surface area contributed by atoms with E-state index in [4.69, 9.17) is 0 Å². The van der Waals surface area contributed by atoms with Crippen LogP contribution in [0.4, 0.5) is 35.0 Å². The minimum absolute atomic E-state index is 0.0591. The summed E-state index contributed by atoms with van der Waals surface area (Å²) in [4.78, 5) is 9.55. The minimum atomic E-state index is -4.61. The van der Waals surface area contributed by atoms with Crippen molar-refractivity contribution >= 4 is 17.5 Å². The van der Waals surface area contributed by atoms with Crippen LogP contribution in [0.15, 0.2) is 24.3 Å². The van der Waals surface area contributed by atoms with E-state index in [-0.39, 0.29) is 11.8 Å². The fourth-order valence-corrected chi connectivity index (χ4v) is 2.21. The van der Waals surface area contributed by atoms with E-state index in [2.05, 4.69) is 20.6 Å². The summed E-state index contributed by atoms with van der Waals surface area (Å²) in [6.07, 6.45) is -3.89. The molecule has 2 aromatic rings. The van der Waals surface area contributed by atoms with Crippen LogP contribution in [0.3, 0.4) is 0 Å². The topological polar surface area (TPSA) is 53.1 Å². The third-order valence-electron chi connectivity index (χ3n) is 3.61. The van der Waals surface area contributed by atoms with Gasteiger partial charge in [0.25, 0.3) is 0 Å². The highest BCUT2D eigenvalue weighted by Crippen LogP contribution is 2.31. The highest BCUT2D eigenvalue weighted by atomic mass is 19.4. The van der Waals surface area contributed by atoms with E-state index in [9.17, 15) is 17.6 Å². The summed E-state index contributed by atoms with van der Waals surface area (Å²) in [5, 5.41) is 5.54. The maximum atomic E-state index is 13.6. The molecule has 0 fully saturated rings. The smallest absolute Gasteiger partial charge is 0.354 e. The Morgan fingerprint density at radius 1 is 1.15 bits per heavy atom. The first-order valence-corrected chi connectivity index (χ1v) is 8.04. The molecular formula is C17H21F4N5. The maximum Gasteiger partial charge on any atom is 0.433 e. The summed E-state index contributed by atoms with van der Waals surface area (Å²) in [5.41, 5.74) is -0.435. The first-order valence-electron chi connectivity index (χ1n) is 8.04. The number of hydrogen-bond acceptors (Lipinski definition) is 5. The zero-order valence-corrected chi connectivity index (χ0v) is 14.8. The van der Waals surface area contributed by atoms with Crippen LogP contribution in [0, 0.1) is 12.7 Å². The number of hydrogen-bond donors (Lipinski definition) is 2. The Kier molecular flexibility index (Phi) is 6.36. The summed E-state index contributed by atoms with van der Waals surface area (Å²) in [5.74, 6) is -0.645. The summed E-state index contributed by atoms with van der Waals surface area (Å²) in [6.45, 7) is 2.74. The third kappa shape index (κ3) is 5.55. The number of rotatable bonds is 7. The van der Waals surface area contributed by atoms with Crippen molar-refractivity contribution in [1.82, 2.24) is 14.9 Å². The number of benzene rings is 1. The van der Waals surface area contributed by atoms with Crippen molar-refractivity contribution in [2.24, 2.45) is 0 Å². The molecule has 0 aliphatic rings. The second-order valence-electron chi connectivity index (χ2n) is 6.08. The van der Waals surface area contributed by atoms with Crippen molar-refractivity contribution in [2.75, 3.05) is 37.8 Å². The van der Waals surface area contributed by atoms with Crippen LogP contribution in [0.25, 0.3) is 0 Å².